The van der Waals surface area contributed by atoms with Gasteiger partial charge in [-0.3, -0.25) is 13.9 Å². The molecule has 0 aliphatic carbocycles. The maximum Gasteiger partial charge on any atom is 0.328 e. The second kappa shape index (κ2) is 5.83. The molecule has 3 aromatic rings. The molecule has 0 unspecified atom stereocenters. The molecule has 0 aliphatic rings. The minimum atomic E-state index is -0.419. The molecule has 1 heterocycles. The van der Waals surface area contributed by atoms with Crippen LogP contribution in [0.15, 0.2) is 39.6 Å². The number of phenolic OH excluding ortho intramolecular Hbond substituents is 1. The normalized spacial score (nSPS) is 11.0. The van der Waals surface area contributed by atoms with Crippen molar-refractivity contribution in [1.82, 2.24) is 9.13 Å². The quantitative estimate of drug-likeness (QED) is 0.707. The van der Waals surface area contributed by atoms with E-state index in [2.05, 4.69) is 21.2 Å². The van der Waals surface area contributed by atoms with Gasteiger partial charge in [0, 0.05) is 19.8 Å². The Bertz CT molecular complexity index is 1030. The number of aromatic nitrogens is 2. The molecule has 0 bridgehead atoms. The highest BCUT2D eigenvalue weighted by molar-refractivity contribution is 9.10. The van der Waals surface area contributed by atoms with E-state index in [0.717, 1.165) is 16.6 Å². The van der Waals surface area contributed by atoms with Crippen LogP contribution in [0, 0.1) is 6.92 Å². The van der Waals surface area contributed by atoms with Crippen LogP contribution in [0.5, 0.6) is 5.75 Å². The number of nitrogens with zero attached hydrogens (tertiary/aromatic N) is 2. The summed E-state index contributed by atoms with van der Waals surface area (Å²) < 4.78 is 3.53. The molecule has 0 spiro atoms. The number of benzene rings is 2. The Kier molecular flexibility index (Phi) is 3.96. The molecule has 0 radical (unpaired) electrons. The molecule has 6 nitrogen and oxygen atoms in total. The van der Waals surface area contributed by atoms with Gasteiger partial charge >= 0.3 is 5.69 Å². The Balaban J connectivity index is 2.00. The van der Waals surface area contributed by atoms with Crippen LogP contribution in [-0.4, -0.2) is 20.1 Å². The lowest BCUT2D eigenvalue weighted by molar-refractivity contribution is 0.102. The Hall–Kier alpha value is -2.54. The van der Waals surface area contributed by atoms with Gasteiger partial charge in [-0.15, -0.1) is 0 Å². The highest BCUT2D eigenvalue weighted by Crippen LogP contribution is 2.30. The molecule has 1 amide bonds. The number of hydrogen-bond donors (Lipinski definition) is 2. The number of aryl methyl sites for hydroxylation is 3. The van der Waals surface area contributed by atoms with Crippen molar-refractivity contribution < 1.29 is 9.90 Å². The molecule has 124 valence electrons. The van der Waals surface area contributed by atoms with Gasteiger partial charge in [0.2, 0.25) is 0 Å². The summed E-state index contributed by atoms with van der Waals surface area (Å²) in [6.07, 6.45) is 0. The minimum Gasteiger partial charge on any atom is -0.506 e. The summed E-state index contributed by atoms with van der Waals surface area (Å²) in [6.45, 7) is 1.84. The fourth-order valence-electron chi connectivity index (χ4n) is 2.69. The fourth-order valence-corrected chi connectivity index (χ4v) is 3.27. The van der Waals surface area contributed by atoms with Crippen molar-refractivity contribution in [3.8, 4) is 5.75 Å². The number of hydrogen-bond acceptors (Lipinski definition) is 3. The third-order valence-electron chi connectivity index (χ3n) is 3.98. The van der Waals surface area contributed by atoms with Gasteiger partial charge in [-0.25, -0.2) is 4.79 Å². The van der Waals surface area contributed by atoms with Gasteiger partial charge in [-0.2, -0.15) is 0 Å². The number of fused-ring (bicyclic) bond motifs is 1. The number of aromatic hydroxyl groups is 1. The molecule has 0 saturated carbocycles. The summed E-state index contributed by atoms with van der Waals surface area (Å²) in [5.41, 5.74) is 2.95. The van der Waals surface area contributed by atoms with Gasteiger partial charge in [0.1, 0.15) is 5.75 Å². The van der Waals surface area contributed by atoms with Gasteiger partial charge in [0.05, 0.1) is 21.1 Å². The smallest absolute Gasteiger partial charge is 0.328 e. The van der Waals surface area contributed by atoms with Crippen LogP contribution >= 0.6 is 15.9 Å². The molecule has 24 heavy (non-hydrogen) atoms. The Labute approximate surface area is 146 Å². The van der Waals surface area contributed by atoms with Crippen molar-refractivity contribution in [3.63, 3.8) is 0 Å². The van der Waals surface area contributed by atoms with E-state index in [-0.39, 0.29) is 17.0 Å². The first kappa shape index (κ1) is 16.3. The van der Waals surface area contributed by atoms with Crippen LogP contribution in [0.4, 0.5) is 5.69 Å². The number of imidazole rings is 1. The predicted octanol–water partition coefficient (Wildman–Crippen LogP) is 2.91. The number of carbonyl (C=O) groups excluding carboxylic acids is 1. The van der Waals surface area contributed by atoms with E-state index in [1.54, 1.807) is 49.0 Å². The Morgan fingerprint density at radius 1 is 1.12 bits per heavy atom. The number of amides is 1. The van der Waals surface area contributed by atoms with Crippen molar-refractivity contribution in [2.45, 2.75) is 6.92 Å². The Morgan fingerprint density at radius 2 is 1.79 bits per heavy atom. The van der Waals surface area contributed by atoms with Gasteiger partial charge < -0.3 is 10.4 Å². The number of rotatable bonds is 2. The molecule has 0 atom stereocenters. The summed E-state index contributed by atoms with van der Waals surface area (Å²) in [7, 11) is 3.38. The van der Waals surface area contributed by atoms with Gasteiger partial charge in [0.25, 0.3) is 5.91 Å². The molecule has 7 heteroatoms. The lowest BCUT2D eigenvalue weighted by Gasteiger charge is -2.09. The number of carbonyl (C=O) groups is 1. The molecule has 0 fully saturated rings. The zero-order valence-corrected chi connectivity index (χ0v) is 15.0. The molecule has 0 aliphatic heterocycles. The maximum atomic E-state index is 12.5. The molecular formula is C17H16BrN3O3. The topological polar surface area (TPSA) is 76.3 Å². The number of halogens is 1. The third kappa shape index (κ3) is 2.60. The highest BCUT2D eigenvalue weighted by atomic mass is 79.9. The summed E-state index contributed by atoms with van der Waals surface area (Å²) in [5, 5.41) is 12.8. The van der Waals surface area contributed by atoms with Crippen molar-refractivity contribution in [2.24, 2.45) is 14.1 Å². The van der Waals surface area contributed by atoms with Gasteiger partial charge in [-0.05, 0) is 58.7 Å². The third-order valence-corrected chi connectivity index (χ3v) is 4.59. The monoisotopic (exact) mass is 389 g/mol. The second-order valence-corrected chi connectivity index (χ2v) is 6.56. The van der Waals surface area contributed by atoms with E-state index < -0.39 is 5.91 Å². The fraction of sp³-hybridized carbons (Fsp3) is 0.176. The van der Waals surface area contributed by atoms with Crippen LogP contribution in [0.3, 0.4) is 0 Å². The van der Waals surface area contributed by atoms with E-state index in [1.165, 1.54) is 4.57 Å². The Morgan fingerprint density at radius 3 is 2.50 bits per heavy atom. The summed E-state index contributed by atoms with van der Waals surface area (Å²) in [5.74, 6) is -0.525. The van der Waals surface area contributed by atoms with E-state index >= 15 is 0 Å². The maximum absolute atomic E-state index is 12.5. The van der Waals surface area contributed by atoms with Crippen LogP contribution in [0.1, 0.15) is 15.9 Å². The SMILES string of the molecule is Cc1cc(Br)c(O)c(C(=O)Nc2ccc3c(c2)n(C)c(=O)n3C)c1. The summed E-state index contributed by atoms with van der Waals surface area (Å²) in [4.78, 5) is 24.4. The van der Waals surface area contributed by atoms with Crippen LogP contribution in [0.2, 0.25) is 0 Å². The predicted molar refractivity (Wildman–Crippen MR) is 96.7 cm³/mol. The highest BCUT2D eigenvalue weighted by Gasteiger charge is 2.16. The van der Waals surface area contributed by atoms with E-state index in [9.17, 15) is 14.7 Å². The number of anilines is 1. The first-order valence-electron chi connectivity index (χ1n) is 7.25. The molecule has 2 N–H and O–H groups in total. The zero-order chi connectivity index (χ0) is 17.6. The van der Waals surface area contributed by atoms with E-state index in [4.69, 9.17) is 0 Å². The van der Waals surface area contributed by atoms with E-state index in [1.807, 2.05) is 6.92 Å². The van der Waals surface area contributed by atoms with Crippen molar-refractivity contribution in [2.75, 3.05) is 5.32 Å². The van der Waals surface area contributed by atoms with Crippen LogP contribution < -0.4 is 11.0 Å². The molecule has 3 rings (SSSR count). The zero-order valence-electron chi connectivity index (χ0n) is 13.4. The standard InChI is InChI=1S/C17H16BrN3O3/c1-9-6-11(15(22)12(18)7-9)16(23)19-10-4-5-13-14(8-10)21(3)17(24)20(13)2/h4-8,22H,1-3H3,(H,19,23). The second-order valence-electron chi connectivity index (χ2n) is 5.70. The molecular weight excluding hydrogens is 374 g/mol. The molecule has 0 saturated heterocycles. The first-order chi connectivity index (χ1) is 11.3. The summed E-state index contributed by atoms with van der Waals surface area (Å²) in [6, 6.07) is 8.58. The van der Waals surface area contributed by atoms with Crippen molar-refractivity contribution in [3.05, 3.63) is 56.4 Å². The molecule has 2 aromatic carbocycles. The van der Waals surface area contributed by atoms with Gasteiger partial charge in [0.15, 0.2) is 0 Å². The van der Waals surface area contributed by atoms with E-state index in [0.29, 0.717) is 10.2 Å². The van der Waals surface area contributed by atoms with Crippen molar-refractivity contribution >= 4 is 38.6 Å². The first-order valence-corrected chi connectivity index (χ1v) is 8.05. The summed E-state index contributed by atoms with van der Waals surface area (Å²) >= 11 is 3.23. The van der Waals surface area contributed by atoms with Crippen LogP contribution in [0.25, 0.3) is 11.0 Å². The van der Waals surface area contributed by atoms with Crippen LogP contribution in [-0.2, 0) is 14.1 Å². The van der Waals surface area contributed by atoms with Crippen molar-refractivity contribution in [1.29, 1.82) is 0 Å². The average Bonchev–Trinajstić information content (AvgIpc) is 2.75. The number of phenols is 1. The lowest BCUT2D eigenvalue weighted by atomic mass is 10.1. The van der Waals surface area contributed by atoms with Gasteiger partial charge in [-0.1, -0.05) is 0 Å². The number of nitrogens with one attached hydrogen (secondary N) is 1. The molecule has 1 aromatic heterocycles. The minimum absolute atomic E-state index is 0.105. The largest absolute Gasteiger partial charge is 0.506 e. The average molecular weight is 390 g/mol. The lowest BCUT2D eigenvalue weighted by Crippen LogP contribution is -2.19.